The highest BCUT2D eigenvalue weighted by atomic mass is 35.5. The Morgan fingerprint density at radius 3 is 2.89 bits per heavy atom. The predicted octanol–water partition coefficient (Wildman–Crippen LogP) is 2.25. The van der Waals surface area contributed by atoms with E-state index in [1.165, 1.54) is 12.8 Å². The highest BCUT2D eigenvalue weighted by Crippen LogP contribution is 2.19. The van der Waals surface area contributed by atoms with Gasteiger partial charge in [0.1, 0.15) is 11.0 Å². The van der Waals surface area contributed by atoms with Crippen molar-refractivity contribution in [1.29, 1.82) is 0 Å². The maximum atomic E-state index is 6.14. The van der Waals surface area contributed by atoms with E-state index >= 15 is 0 Å². The molecule has 18 heavy (non-hydrogen) atoms. The van der Waals surface area contributed by atoms with Crippen LogP contribution in [0.5, 0.6) is 0 Å². The van der Waals surface area contributed by atoms with Crippen molar-refractivity contribution >= 4 is 22.6 Å². The fourth-order valence-electron chi connectivity index (χ4n) is 1.85. The minimum atomic E-state index is 0.479. The van der Waals surface area contributed by atoms with Crippen LogP contribution < -0.4 is 0 Å². The number of hydrogen-bond acceptors (Lipinski definition) is 4. The first kappa shape index (κ1) is 13.2. The molecule has 0 saturated carbocycles. The molecule has 6 heteroatoms. The Hall–Kier alpha value is -1.20. The molecule has 0 atom stereocenters. The molecule has 98 valence electrons. The van der Waals surface area contributed by atoms with Gasteiger partial charge in [-0.2, -0.15) is 5.10 Å². The molecule has 2 rings (SSSR count). The summed E-state index contributed by atoms with van der Waals surface area (Å²) >= 11 is 6.14. The van der Waals surface area contributed by atoms with E-state index in [0.717, 1.165) is 23.4 Å². The minimum Gasteiger partial charge on any atom is -0.299 e. The first-order valence-electron chi connectivity index (χ1n) is 6.14. The van der Waals surface area contributed by atoms with E-state index in [2.05, 4.69) is 33.9 Å². The second kappa shape index (κ2) is 5.63. The van der Waals surface area contributed by atoms with Crippen LogP contribution in [-0.4, -0.2) is 38.2 Å². The number of unbranched alkanes of at least 4 members (excludes halogenated alkanes) is 1. The van der Waals surface area contributed by atoms with Crippen LogP contribution in [0.15, 0.2) is 6.20 Å². The van der Waals surface area contributed by atoms with Crippen molar-refractivity contribution in [2.75, 3.05) is 13.6 Å². The number of rotatable bonds is 5. The first-order chi connectivity index (χ1) is 8.61. The maximum Gasteiger partial charge on any atom is 0.162 e. The van der Waals surface area contributed by atoms with Crippen molar-refractivity contribution in [3.05, 3.63) is 17.2 Å². The second-order valence-corrected chi connectivity index (χ2v) is 4.89. The topological polar surface area (TPSA) is 46.8 Å². The van der Waals surface area contributed by atoms with Crippen molar-refractivity contribution in [3.63, 3.8) is 0 Å². The van der Waals surface area contributed by atoms with Gasteiger partial charge in [0, 0.05) is 7.05 Å². The largest absolute Gasteiger partial charge is 0.299 e. The van der Waals surface area contributed by atoms with Crippen LogP contribution >= 0.6 is 11.6 Å². The summed E-state index contributed by atoms with van der Waals surface area (Å²) in [7, 11) is 3.93. The monoisotopic (exact) mass is 267 g/mol. The molecular weight excluding hydrogens is 250 g/mol. The summed E-state index contributed by atoms with van der Waals surface area (Å²) in [5.41, 5.74) is 0.786. The van der Waals surface area contributed by atoms with Crippen molar-refractivity contribution in [2.24, 2.45) is 7.05 Å². The molecule has 0 amide bonds. The van der Waals surface area contributed by atoms with Crippen molar-refractivity contribution in [1.82, 2.24) is 24.6 Å². The molecule has 0 saturated heterocycles. The summed E-state index contributed by atoms with van der Waals surface area (Å²) in [6, 6.07) is 0. The van der Waals surface area contributed by atoms with Crippen LogP contribution in [0, 0.1) is 0 Å². The second-order valence-electron chi connectivity index (χ2n) is 4.53. The van der Waals surface area contributed by atoms with E-state index in [1.54, 1.807) is 10.9 Å². The molecule has 0 spiro atoms. The lowest BCUT2D eigenvalue weighted by atomic mass is 10.3. The van der Waals surface area contributed by atoms with Gasteiger partial charge in [-0.1, -0.05) is 24.9 Å². The highest BCUT2D eigenvalue weighted by molar-refractivity contribution is 6.33. The van der Waals surface area contributed by atoms with Crippen LogP contribution in [-0.2, 0) is 13.6 Å². The zero-order chi connectivity index (χ0) is 13.1. The Kier molecular flexibility index (Phi) is 4.14. The molecular formula is C12H18ClN5. The standard InChI is InChI=1S/C12H18ClN5/c1-4-5-6-17(2)8-10-15-11(13)9-7-14-18(3)12(9)16-10/h7H,4-6,8H2,1-3H3. The molecule has 2 aromatic rings. The molecule has 0 aliphatic rings. The van der Waals surface area contributed by atoms with Gasteiger partial charge in [0.2, 0.25) is 0 Å². The minimum absolute atomic E-state index is 0.479. The maximum absolute atomic E-state index is 6.14. The number of nitrogens with zero attached hydrogens (tertiary/aromatic N) is 5. The lowest BCUT2D eigenvalue weighted by Gasteiger charge is -2.15. The summed E-state index contributed by atoms with van der Waals surface area (Å²) in [4.78, 5) is 11.0. The molecule has 0 fully saturated rings. The van der Waals surface area contributed by atoms with E-state index in [4.69, 9.17) is 11.6 Å². The van der Waals surface area contributed by atoms with Gasteiger partial charge < -0.3 is 0 Å². The lowest BCUT2D eigenvalue weighted by Crippen LogP contribution is -2.20. The lowest BCUT2D eigenvalue weighted by molar-refractivity contribution is 0.313. The third-order valence-electron chi connectivity index (χ3n) is 2.90. The van der Waals surface area contributed by atoms with Crippen LogP contribution in [0.3, 0.4) is 0 Å². The van der Waals surface area contributed by atoms with Crippen molar-refractivity contribution in [3.8, 4) is 0 Å². The molecule has 0 radical (unpaired) electrons. The number of aromatic nitrogens is 4. The van der Waals surface area contributed by atoms with Gasteiger partial charge >= 0.3 is 0 Å². The van der Waals surface area contributed by atoms with Crippen LogP contribution in [0.1, 0.15) is 25.6 Å². The zero-order valence-electron chi connectivity index (χ0n) is 11.0. The Morgan fingerprint density at radius 2 is 2.17 bits per heavy atom. The molecule has 0 N–H and O–H groups in total. The van der Waals surface area contributed by atoms with Crippen LogP contribution in [0.2, 0.25) is 5.15 Å². The fourth-order valence-corrected chi connectivity index (χ4v) is 2.08. The van der Waals surface area contributed by atoms with Crippen LogP contribution in [0.4, 0.5) is 0 Å². The van der Waals surface area contributed by atoms with Gasteiger partial charge in [-0.05, 0) is 20.0 Å². The van der Waals surface area contributed by atoms with E-state index in [0.29, 0.717) is 11.7 Å². The average Bonchev–Trinajstić information content (AvgIpc) is 2.69. The zero-order valence-corrected chi connectivity index (χ0v) is 11.8. The van der Waals surface area contributed by atoms with Gasteiger partial charge in [0.25, 0.3) is 0 Å². The quantitative estimate of drug-likeness (QED) is 0.780. The van der Waals surface area contributed by atoms with E-state index < -0.39 is 0 Å². The fraction of sp³-hybridized carbons (Fsp3) is 0.583. The molecule has 0 unspecified atom stereocenters. The Morgan fingerprint density at radius 1 is 1.39 bits per heavy atom. The number of hydrogen-bond donors (Lipinski definition) is 0. The summed E-state index contributed by atoms with van der Waals surface area (Å²) < 4.78 is 1.72. The van der Waals surface area contributed by atoms with E-state index in [1.807, 2.05) is 7.05 Å². The normalized spacial score (nSPS) is 11.6. The van der Waals surface area contributed by atoms with Crippen molar-refractivity contribution in [2.45, 2.75) is 26.3 Å². The summed E-state index contributed by atoms with van der Waals surface area (Å²) in [5.74, 6) is 0.745. The Balaban J connectivity index is 2.21. The SMILES string of the molecule is CCCCN(C)Cc1nc(Cl)c2cnn(C)c2n1. The molecule has 0 aromatic carbocycles. The number of aryl methyl sites for hydroxylation is 1. The van der Waals surface area contributed by atoms with Crippen molar-refractivity contribution < 1.29 is 0 Å². The first-order valence-corrected chi connectivity index (χ1v) is 6.52. The molecule has 0 bridgehead atoms. The van der Waals surface area contributed by atoms with Crippen LogP contribution in [0.25, 0.3) is 11.0 Å². The molecule has 5 nitrogen and oxygen atoms in total. The van der Waals surface area contributed by atoms with Gasteiger partial charge in [-0.3, -0.25) is 9.58 Å². The highest BCUT2D eigenvalue weighted by Gasteiger charge is 2.11. The predicted molar refractivity (Wildman–Crippen MR) is 72.6 cm³/mol. The Labute approximate surface area is 112 Å². The number of halogens is 1. The summed E-state index contributed by atoms with van der Waals surface area (Å²) in [5, 5.41) is 5.43. The molecule has 2 heterocycles. The number of fused-ring (bicyclic) bond motifs is 1. The molecule has 0 aliphatic heterocycles. The van der Waals surface area contributed by atoms with Gasteiger partial charge in [-0.25, -0.2) is 9.97 Å². The van der Waals surface area contributed by atoms with E-state index in [9.17, 15) is 0 Å². The summed E-state index contributed by atoms with van der Waals surface area (Å²) in [6.07, 6.45) is 4.06. The third-order valence-corrected chi connectivity index (χ3v) is 3.18. The van der Waals surface area contributed by atoms with E-state index in [-0.39, 0.29) is 0 Å². The van der Waals surface area contributed by atoms with Gasteiger partial charge in [-0.15, -0.1) is 0 Å². The third kappa shape index (κ3) is 2.79. The molecule has 0 aliphatic carbocycles. The smallest absolute Gasteiger partial charge is 0.162 e. The van der Waals surface area contributed by atoms with Gasteiger partial charge in [0.15, 0.2) is 5.65 Å². The van der Waals surface area contributed by atoms with Gasteiger partial charge in [0.05, 0.1) is 18.1 Å². The molecule has 2 aromatic heterocycles. The summed E-state index contributed by atoms with van der Waals surface area (Å²) in [6.45, 7) is 3.94. The Bertz CT molecular complexity index is 536. The average molecular weight is 268 g/mol.